The number of sulfone groups is 1. The third-order valence-corrected chi connectivity index (χ3v) is 8.49. The van der Waals surface area contributed by atoms with Crippen LogP contribution in [0.4, 0.5) is 5.69 Å². The Bertz CT molecular complexity index is 1040. The van der Waals surface area contributed by atoms with Crippen molar-refractivity contribution in [1.82, 2.24) is 0 Å². The molecule has 2 heterocycles. The average Bonchev–Trinajstić information content (AvgIpc) is 3.09. The third-order valence-electron chi connectivity index (χ3n) is 4.48. The number of carbonyl (C=O) groups is 1. The second-order valence-electron chi connectivity index (χ2n) is 6.31. The molecular formula is C18H14Cl2N2O3S2. The molecule has 0 saturated carbocycles. The Morgan fingerprint density at radius 3 is 2.56 bits per heavy atom. The van der Waals surface area contributed by atoms with E-state index in [2.05, 4.69) is 4.99 Å². The van der Waals surface area contributed by atoms with E-state index in [0.717, 1.165) is 0 Å². The maximum Gasteiger partial charge on any atom is 0.279 e. The Hall–Kier alpha value is -1.54. The molecule has 2 atom stereocenters. The lowest BCUT2D eigenvalue weighted by molar-refractivity contribution is 0.100. The number of halogens is 2. The fraction of sp³-hybridized carbons (Fsp3) is 0.222. The fourth-order valence-corrected chi connectivity index (χ4v) is 7.55. The van der Waals surface area contributed by atoms with Gasteiger partial charge in [0.1, 0.15) is 0 Å². The molecule has 0 radical (unpaired) electrons. The standard InChI is InChI=1S/C18H14Cl2N2O3S2/c19-12-7-4-8-13(16(12)20)22-14-9-27(24,25)10-15(14)26-18(22)21-17(23)11-5-2-1-3-6-11/h1-8,14-15H,9-10H2/t14-,15+/m0/s1. The second-order valence-corrected chi connectivity index (χ2v) is 10.5. The number of amides is 1. The van der Waals surface area contributed by atoms with Crippen molar-refractivity contribution in [3.05, 3.63) is 64.1 Å². The number of amidine groups is 1. The van der Waals surface area contributed by atoms with Gasteiger partial charge in [-0.05, 0) is 24.3 Å². The topological polar surface area (TPSA) is 66.8 Å². The fourth-order valence-electron chi connectivity index (χ4n) is 3.26. The number of anilines is 1. The summed E-state index contributed by atoms with van der Waals surface area (Å²) >= 11 is 13.8. The summed E-state index contributed by atoms with van der Waals surface area (Å²) in [5, 5.41) is 0.909. The van der Waals surface area contributed by atoms with Crippen LogP contribution in [0.25, 0.3) is 0 Å². The van der Waals surface area contributed by atoms with Crippen LogP contribution in [0, 0.1) is 0 Å². The zero-order valence-corrected chi connectivity index (χ0v) is 17.0. The normalized spacial score (nSPS) is 25.0. The Kier molecular flexibility index (Phi) is 4.96. The lowest BCUT2D eigenvalue weighted by Crippen LogP contribution is -2.38. The van der Waals surface area contributed by atoms with E-state index in [1.807, 2.05) is 6.07 Å². The summed E-state index contributed by atoms with van der Waals surface area (Å²) in [5.41, 5.74) is 1.02. The highest BCUT2D eigenvalue weighted by molar-refractivity contribution is 8.16. The molecule has 2 fully saturated rings. The maximum atomic E-state index is 12.6. The summed E-state index contributed by atoms with van der Waals surface area (Å²) < 4.78 is 24.2. The maximum absolute atomic E-state index is 12.6. The second kappa shape index (κ2) is 7.13. The van der Waals surface area contributed by atoms with Crippen LogP contribution < -0.4 is 4.90 Å². The average molecular weight is 441 g/mol. The van der Waals surface area contributed by atoms with Crippen LogP contribution in [-0.4, -0.2) is 42.3 Å². The molecule has 9 heteroatoms. The van der Waals surface area contributed by atoms with Crippen molar-refractivity contribution in [2.45, 2.75) is 11.3 Å². The van der Waals surface area contributed by atoms with Crippen molar-refractivity contribution < 1.29 is 13.2 Å². The van der Waals surface area contributed by atoms with Gasteiger partial charge in [0.05, 0.1) is 33.3 Å². The predicted octanol–water partition coefficient (Wildman–Crippen LogP) is 3.91. The largest absolute Gasteiger partial charge is 0.314 e. The smallest absolute Gasteiger partial charge is 0.279 e. The molecule has 0 bridgehead atoms. The highest BCUT2D eigenvalue weighted by Crippen LogP contribution is 2.44. The monoisotopic (exact) mass is 440 g/mol. The van der Waals surface area contributed by atoms with Gasteiger partial charge in [0, 0.05) is 10.8 Å². The van der Waals surface area contributed by atoms with Crippen LogP contribution >= 0.6 is 35.0 Å². The molecule has 0 aromatic heterocycles. The Labute approximate surface area is 171 Å². The van der Waals surface area contributed by atoms with Gasteiger partial charge in [-0.2, -0.15) is 4.99 Å². The Balaban J connectivity index is 1.78. The Morgan fingerprint density at radius 1 is 1.07 bits per heavy atom. The van der Waals surface area contributed by atoms with Crippen LogP contribution in [0.15, 0.2) is 53.5 Å². The lowest BCUT2D eigenvalue weighted by atomic mass is 10.2. The molecule has 27 heavy (non-hydrogen) atoms. The van der Waals surface area contributed by atoms with Gasteiger partial charge in [0.15, 0.2) is 15.0 Å². The minimum Gasteiger partial charge on any atom is -0.314 e. The molecule has 5 nitrogen and oxygen atoms in total. The van der Waals surface area contributed by atoms with E-state index in [4.69, 9.17) is 23.2 Å². The quantitative estimate of drug-likeness (QED) is 0.707. The van der Waals surface area contributed by atoms with E-state index in [0.29, 0.717) is 26.5 Å². The molecule has 4 rings (SSSR count). The molecule has 140 valence electrons. The number of thioether (sulfide) groups is 1. The van der Waals surface area contributed by atoms with Gasteiger partial charge in [-0.1, -0.05) is 59.2 Å². The van der Waals surface area contributed by atoms with Crippen LogP contribution in [0.1, 0.15) is 10.4 Å². The van der Waals surface area contributed by atoms with E-state index >= 15 is 0 Å². The van der Waals surface area contributed by atoms with Crippen molar-refractivity contribution >= 4 is 61.6 Å². The summed E-state index contributed by atoms with van der Waals surface area (Å²) in [4.78, 5) is 18.6. The molecular weight excluding hydrogens is 427 g/mol. The number of rotatable bonds is 2. The summed E-state index contributed by atoms with van der Waals surface area (Å²) in [6.07, 6.45) is 0. The van der Waals surface area contributed by atoms with E-state index < -0.39 is 9.84 Å². The SMILES string of the molecule is O=C(N=C1S[C@@H]2CS(=O)(=O)C[C@@H]2N1c1cccc(Cl)c1Cl)c1ccccc1. The van der Waals surface area contributed by atoms with E-state index in [1.54, 1.807) is 47.4 Å². The number of hydrogen-bond acceptors (Lipinski definition) is 4. The van der Waals surface area contributed by atoms with Gasteiger partial charge in [-0.15, -0.1) is 0 Å². The highest BCUT2D eigenvalue weighted by Gasteiger charge is 2.49. The molecule has 2 aliphatic rings. The van der Waals surface area contributed by atoms with Crippen molar-refractivity contribution in [3.63, 3.8) is 0 Å². The molecule has 2 aromatic rings. The first-order valence-corrected chi connectivity index (χ1v) is 11.6. The number of carbonyl (C=O) groups excluding carboxylic acids is 1. The Morgan fingerprint density at radius 2 is 1.81 bits per heavy atom. The summed E-state index contributed by atoms with van der Waals surface area (Å²) in [5.74, 6) is -0.342. The first-order valence-electron chi connectivity index (χ1n) is 8.14. The summed E-state index contributed by atoms with van der Waals surface area (Å²) in [7, 11) is -3.15. The number of nitrogens with zero attached hydrogens (tertiary/aromatic N) is 2. The van der Waals surface area contributed by atoms with Crippen molar-refractivity contribution in [3.8, 4) is 0 Å². The number of aliphatic imine (C=N–C) groups is 1. The number of fused-ring (bicyclic) bond motifs is 1. The van der Waals surface area contributed by atoms with E-state index in [1.165, 1.54) is 11.8 Å². The molecule has 0 N–H and O–H groups in total. The number of benzene rings is 2. The van der Waals surface area contributed by atoms with Crippen LogP contribution in [0.5, 0.6) is 0 Å². The zero-order valence-electron chi connectivity index (χ0n) is 13.9. The molecule has 1 amide bonds. The van der Waals surface area contributed by atoms with Gasteiger partial charge >= 0.3 is 0 Å². The molecule has 2 saturated heterocycles. The molecule has 2 aromatic carbocycles. The molecule has 0 unspecified atom stereocenters. The van der Waals surface area contributed by atoms with Crippen LogP contribution in [0.2, 0.25) is 10.0 Å². The van der Waals surface area contributed by atoms with Gasteiger partial charge in [-0.3, -0.25) is 4.79 Å². The number of hydrogen-bond donors (Lipinski definition) is 0. The zero-order chi connectivity index (χ0) is 19.2. The van der Waals surface area contributed by atoms with Crippen LogP contribution in [-0.2, 0) is 9.84 Å². The van der Waals surface area contributed by atoms with Gasteiger partial charge in [0.25, 0.3) is 5.91 Å². The van der Waals surface area contributed by atoms with Gasteiger partial charge < -0.3 is 4.90 Å². The molecule has 0 aliphatic carbocycles. The summed E-state index contributed by atoms with van der Waals surface area (Å²) in [6, 6.07) is 13.5. The van der Waals surface area contributed by atoms with Crippen molar-refractivity contribution in [2.24, 2.45) is 4.99 Å². The molecule has 2 aliphatic heterocycles. The van der Waals surface area contributed by atoms with Gasteiger partial charge in [0.2, 0.25) is 0 Å². The van der Waals surface area contributed by atoms with E-state index in [-0.39, 0.29) is 28.7 Å². The summed E-state index contributed by atoms with van der Waals surface area (Å²) in [6.45, 7) is 0. The van der Waals surface area contributed by atoms with Crippen molar-refractivity contribution in [1.29, 1.82) is 0 Å². The first kappa shape index (κ1) is 18.8. The van der Waals surface area contributed by atoms with E-state index in [9.17, 15) is 13.2 Å². The predicted molar refractivity (Wildman–Crippen MR) is 111 cm³/mol. The van der Waals surface area contributed by atoms with Gasteiger partial charge in [-0.25, -0.2) is 8.42 Å². The third kappa shape index (κ3) is 3.61. The minimum absolute atomic E-state index is 0.00788. The first-order chi connectivity index (χ1) is 12.9. The van der Waals surface area contributed by atoms with Crippen LogP contribution in [0.3, 0.4) is 0 Å². The van der Waals surface area contributed by atoms with Crippen molar-refractivity contribution in [2.75, 3.05) is 16.4 Å². The highest BCUT2D eigenvalue weighted by atomic mass is 35.5. The molecule has 0 spiro atoms. The lowest BCUT2D eigenvalue weighted by Gasteiger charge is -2.25. The minimum atomic E-state index is -3.15.